The van der Waals surface area contributed by atoms with Gasteiger partial charge in [0.05, 0.1) is 0 Å². The summed E-state index contributed by atoms with van der Waals surface area (Å²) in [6.07, 6.45) is 22.7. The first kappa shape index (κ1) is 23.5. The van der Waals surface area contributed by atoms with E-state index >= 15 is 0 Å². The third-order valence-electron chi connectivity index (χ3n) is 4.21. The molecule has 0 heterocycles. The maximum absolute atomic E-state index is 5.94. The lowest BCUT2D eigenvalue weighted by molar-refractivity contribution is 0.529. The van der Waals surface area contributed by atoms with E-state index in [1.165, 1.54) is 103 Å². The Morgan fingerprint density at radius 2 is 0.857 bits per heavy atom. The first-order valence-corrected chi connectivity index (χ1v) is 9.85. The summed E-state index contributed by atoms with van der Waals surface area (Å²) in [5.41, 5.74) is 0. The maximum atomic E-state index is 5.94. The van der Waals surface area contributed by atoms with E-state index in [2.05, 4.69) is 13.8 Å². The van der Waals surface area contributed by atoms with Crippen molar-refractivity contribution in [3.8, 4) is 0 Å². The van der Waals surface area contributed by atoms with Crippen LogP contribution in [0, 0.1) is 0 Å². The fourth-order valence-corrected chi connectivity index (χ4v) is 2.95. The second-order valence-electron chi connectivity index (χ2n) is 6.52. The molecular weight excluding hydrogens is 278 g/mol. The SMILES string of the molecule is CCCCCCCCCCCCCCCCCC(C)Cl.N. The highest BCUT2D eigenvalue weighted by atomic mass is 35.5. The smallest absolute Gasteiger partial charge is 0.0307 e. The van der Waals surface area contributed by atoms with E-state index in [9.17, 15) is 0 Å². The molecule has 0 aliphatic rings. The van der Waals surface area contributed by atoms with Crippen molar-refractivity contribution >= 4 is 11.6 Å². The zero-order chi connectivity index (χ0) is 14.9. The zero-order valence-corrected chi connectivity index (χ0v) is 15.7. The first-order valence-electron chi connectivity index (χ1n) is 9.41. The molecule has 21 heavy (non-hydrogen) atoms. The van der Waals surface area contributed by atoms with Crippen LogP contribution in [-0.2, 0) is 0 Å². The van der Waals surface area contributed by atoms with Gasteiger partial charge < -0.3 is 6.15 Å². The van der Waals surface area contributed by atoms with Gasteiger partial charge in [-0.3, -0.25) is 0 Å². The molecular formula is C19H42ClN. The molecule has 0 aromatic heterocycles. The molecule has 0 saturated carbocycles. The molecule has 2 heteroatoms. The Morgan fingerprint density at radius 3 is 1.14 bits per heavy atom. The normalized spacial score (nSPS) is 12.1. The van der Waals surface area contributed by atoms with Crippen molar-refractivity contribution in [3.63, 3.8) is 0 Å². The Bertz CT molecular complexity index is 171. The van der Waals surface area contributed by atoms with Crippen molar-refractivity contribution in [2.75, 3.05) is 0 Å². The highest BCUT2D eigenvalue weighted by Crippen LogP contribution is 2.14. The van der Waals surface area contributed by atoms with E-state index in [0.717, 1.165) is 0 Å². The quantitative estimate of drug-likeness (QED) is 0.227. The van der Waals surface area contributed by atoms with Gasteiger partial charge in [0.2, 0.25) is 0 Å². The summed E-state index contributed by atoms with van der Waals surface area (Å²) in [5, 5.41) is 0.372. The van der Waals surface area contributed by atoms with Crippen LogP contribution in [-0.4, -0.2) is 5.38 Å². The second-order valence-corrected chi connectivity index (χ2v) is 7.26. The molecule has 1 nitrogen and oxygen atoms in total. The number of hydrogen-bond acceptors (Lipinski definition) is 1. The molecule has 0 fully saturated rings. The molecule has 130 valence electrons. The third kappa shape index (κ3) is 22.7. The zero-order valence-electron chi connectivity index (χ0n) is 15.0. The minimum atomic E-state index is 0. The van der Waals surface area contributed by atoms with Crippen molar-refractivity contribution < 1.29 is 0 Å². The van der Waals surface area contributed by atoms with Gasteiger partial charge in [0.15, 0.2) is 0 Å². The van der Waals surface area contributed by atoms with E-state index in [1.54, 1.807) is 0 Å². The van der Waals surface area contributed by atoms with Gasteiger partial charge in [-0.25, -0.2) is 0 Å². The van der Waals surface area contributed by atoms with Crippen LogP contribution in [0.2, 0.25) is 0 Å². The number of alkyl halides is 1. The largest absolute Gasteiger partial charge is 0.344 e. The molecule has 1 unspecified atom stereocenters. The van der Waals surface area contributed by atoms with Crippen LogP contribution in [0.5, 0.6) is 0 Å². The molecule has 0 aromatic carbocycles. The monoisotopic (exact) mass is 319 g/mol. The highest BCUT2D eigenvalue weighted by molar-refractivity contribution is 6.20. The molecule has 0 rings (SSSR count). The molecule has 0 aliphatic heterocycles. The topological polar surface area (TPSA) is 35.0 Å². The molecule has 0 aliphatic carbocycles. The minimum Gasteiger partial charge on any atom is -0.344 e. The van der Waals surface area contributed by atoms with Crippen molar-refractivity contribution in [2.45, 2.75) is 122 Å². The van der Waals surface area contributed by atoms with Gasteiger partial charge in [0.1, 0.15) is 0 Å². The van der Waals surface area contributed by atoms with E-state index in [4.69, 9.17) is 11.6 Å². The van der Waals surface area contributed by atoms with Gasteiger partial charge in [0, 0.05) is 5.38 Å². The fourth-order valence-electron chi connectivity index (χ4n) is 2.80. The van der Waals surface area contributed by atoms with Crippen molar-refractivity contribution in [1.29, 1.82) is 0 Å². The molecule has 3 N–H and O–H groups in total. The van der Waals surface area contributed by atoms with Crippen LogP contribution in [0.4, 0.5) is 0 Å². The average molecular weight is 320 g/mol. The van der Waals surface area contributed by atoms with Gasteiger partial charge >= 0.3 is 0 Å². The predicted octanol–water partition coefficient (Wildman–Crippen LogP) is 8.04. The highest BCUT2D eigenvalue weighted by Gasteiger charge is 1.96. The molecule has 0 amide bonds. The molecule has 0 saturated heterocycles. The summed E-state index contributed by atoms with van der Waals surface area (Å²) in [6, 6.07) is 0. The van der Waals surface area contributed by atoms with Crippen LogP contribution < -0.4 is 6.15 Å². The Balaban J connectivity index is 0. The average Bonchev–Trinajstić information content (AvgIpc) is 2.43. The molecule has 0 bridgehead atoms. The van der Waals surface area contributed by atoms with Crippen molar-refractivity contribution in [1.82, 2.24) is 6.15 Å². The lowest BCUT2D eigenvalue weighted by atomic mass is 10.0. The van der Waals surface area contributed by atoms with E-state index in [1.807, 2.05) is 0 Å². The minimum absolute atomic E-state index is 0. The fraction of sp³-hybridized carbons (Fsp3) is 1.00. The molecule has 0 radical (unpaired) electrons. The van der Waals surface area contributed by atoms with Crippen molar-refractivity contribution in [3.05, 3.63) is 0 Å². The van der Waals surface area contributed by atoms with E-state index < -0.39 is 0 Å². The van der Waals surface area contributed by atoms with Gasteiger partial charge in [-0.15, -0.1) is 11.6 Å². The first-order chi connectivity index (χ1) is 9.77. The maximum Gasteiger partial charge on any atom is 0.0307 e. The lowest BCUT2D eigenvalue weighted by Gasteiger charge is -2.04. The molecule has 0 spiro atoms. The van der Waals surface area contributed by atoms with Crippen LogP contribution in [0.15, 0.2) is 0 Å². The molecule has 0 aromatic rings. The summed E-state index contributed by atoms with van der Waals surface area (Å²) in [6.45, 7) is 4.39. The number of hydrogen-bond donors (Lipinski definition) is 1. The Kier molecular flexibility index (Phi) is 22.7. The number of halogens is 1. The number of rotatable bonds is 16. The molecule has 1 atom stereocenters. The van der Waals surface area contributed by atoms with Crippen LogP contribution >= 0.6 is 11.6 Å². The van der Waals surface area contributed by atoms with Crippen molar-refractivity contribution in [2.24, 2.45) is 0 Å². The van der Waals surface area contributed by atoms with Gasteiger partial charge in [-0.1, -0.05) is 103 Å². The number of unbranched alkanes of at least 4 members (excludes halogenated alkanes) is 14. The Labute approximate surface area is 140 Å². The van der Waals surface area contributed by atoms with Gasteiger partial charge in [0.25, 0.3) is 0 Å². The lowest BCUT2D eigenvalue weighted by Crippen LogP contribution is -1.90. The summed E-state index contributed by atoms with van der Waals surface area (Å²) in [5.74, 6) is 0. The van der Waals surface area contributed by atoms with Crippen LogP contribution in [0.3, 0.4) is 0 Å². The third-order valence-corrected chi connectivity index (χ3v) is 4.42. The van der Waals surface area contributed by atoms with Crippen LogP contribution in [0.25, 0.3) is 0 Å². The summed E-state index contributed by atoms with van der Waals surface area (Å²) < 4.78 is 0. The summed E-state index contributed by atoms with van der Waals surface area (Å²) in [4.78, 5) is 0. The van der Waals surface area contributed by atoms with E-state index in [-0.39, 0.29) is 6.15 Å². The van der Waals surface area contributed by atoms with E-state index in [0.29, 0.717) is 5.38 Å². The predicted molar refractivity (Wildman–Crippen MR) is 99.9 cm³/mol. The Hall–Kier alpha value is 0.250. The van der Waals surface area contributed by atoms with Gasteiger partial charge in [-0.05, 0) is 13.3 Å². The van der Waals surface area contributed by atoms with Crippen LogP contribution in [0.1, 0.15) is 117 Å². The standard InChI is InChI=1S/C19H39Cl.H3N/c1-3-4-5-6-7-8-9-10-11-12-13-14-15-16-17-18-19(2)20;/h19H,3-18H2,1-2H3;1H3. The summed E-state index contributed by atoms with van der Waals surface area (Å²) >= 11 is 5.94. The Morgan fingerprint density at radius 1 is 0.571 bits per heavy atom. The second kappa shape index (κ2) is 20.2. The summed E-state index contributed by atoms with van der Waals surface area (Å²) in [7, 11) is 0. The van der Waals surface area contributed by atoms with Gasteiger partial charge in [-0.2, -0.15) is 0 Å².